The van der Waals surface area contributed by atoms with E-state index in [-0.39, 0.29) is 25.3 Å². The number of likely N-dealkylation sites (N-methyl/N-ethyl adjacent to an activating group) is 1. The Bertz CT molecular complexity index is 2170. The number of rotatable bonds is 20. The fourth-order valence-electron chi connectivity index (χ4n) is 8.39. The van der Waals surface area contributed by atoms with Crippen LogP contribution in [0.5, 0.6) is 0 Å². The molecule has 4 aromatic rings. The Morgan fingerprint density at radius 3 is 1.92 bits per heavy atom. The first-order chi connectivity index (χ1) is 30.6. The maximum absolute atomic E-state index is 14.9. The summed E-state index contributed by atoms with van der Waals surface area (Å²) in [6.07, 6.45) is -0.252. The molecule has 5 amide bonds. The zero-order valence-electron chi connectivity index (χ0n) is 38.3. The first kappa shape index (κ1) is 50.5. The molecule has 0 unspecified atom stereocenters. The molecule has 0 spiro atoms. The predicted octanol–water partition coefficient (Wildman–Crippen LogP) is 6.02. The molecule has 5 atom stereocenters. The maximum atomic E-state index is 14.9. The van der Waals surface area contributed by atoms with Crippen LogP contribution >= 0.6 is 8.17 Å². The standard InChI is InChI=1S/C48H65N6O10P/c1-47(2,3)41(52(7)46(58)59)43(55)50-37(28-34-21-23-36(24-22-34)38-20-14-15-25-49-38)30-40(63-32-64-65(60,61)62)39(29-33-16-10-8-11-17-33)51-44(56)42(48(4,5)6)54-27-26-53(45(54)57)31-35-18-12-9-13-19-35/h8-25,37,39-42,60-62,65H,26-32H2,1-7H3,(H,50,55)(H,51,56)(H,58,59)/t37-,39-,40-,41+,42+/m0/s1. The number of nitrogens with one attached hydrogen (secondary N) is 2. The van der Waals surface area contributed by atoms with Crippen molar-refractivity contribution >= 4 is 32.1 Å². The van der Waals surface area contributed by atoms with Gasteiger partial charge in [-0.3, -0.25) is 4.98 Å². The number of hydrogen-bond donors (Lipinski definition) is 6. The first-order valence-electron chi connectivity index (χ1n) is 21.7. The molecule has 0 bridgehead atoms. The number of nitrogens with zero attached hydrogens (tertiary/aromatic N) is 4. The number of aromatic nitrogens is 1. The number of pyridine rings is 1. The van der Waals surface area contributed by atoms with Crippen LogP contribution in [0.1, 0.15) is 64.7 Å². The molecule has 65 heavy (non-hydrogen) atoms. The Kier molecular flexibility index (Phi) is 17.2. The van der Waals surface area contributed by atoms with Gasteiger partial charge in [-0.05, 0) is 17.7 Å². The van der Waals surface area contributed by atoms with Gasteiger partial charge in [0.1, 0.15) is 0 Å². The molecule has 352 valence electrons. The summed E-state index contributed by atoms with van der Waals surface area (Å²) in [7, 11) is -3.75. The van der Waals surface area contributed by atoms with Gasteiger partial charge in [-0.2, -0.15) is 0 Å². The van der Waals surface area contributed by atoms with E-state index in [9.17, 15) is 39.0 Å². The van der Waals surface area contributed by atoms with Gasteiger partial charge in [0.05, 0.1) is 0 Å². The topological polar surface area (TPSA) is 214 Å². The summed E-state index contributed by atoms with van der Waals surface area (Å²) in [6, 6.07) is 28.2. The van der Waals surface area contributed by atoms with Crippen LogP contribution in [-0.2, 0) is 38.2 Å². The number of ether oxygens (including phenoxy) is 1. The molecule has 3 aromatic carbocycles. The third kappa shape index (κ3) is 14.8. The van der Waals surface area contributed by atoms with Crippen LogP contribution in [0.4, 0.5) is 9.59 Å². The van der Waals surface area contributed by atoms with E-state index in [4.69, 9.17) is 9.26 Å². The average molecular weight is 917 g/mol. The van der Waals surface area contributed by atoms with Crippen molar-refractivity contribution in [2.75, 3.05) is 26.9 Å². The quantitative estimate of drug-likeness (QED) is 0.0446. The summed E-state index contributed by atoms with van der Waals surface area (Å²) in [5.41, 5.74) is 2.63. The number of carbonyl (C=O) groups is 4. The van der Waals surface area contributed by atoms with Gasteiger partial charge in [0, 0.05) is 6.20 Å². The van der Waals surface area contributed by atoms with Gasteiger partial charge in [0.15, 0.2) is 0 Å². The Balaban J connectivity index is 1.53. The Morgan fingerprint density at radius 1 is 0.769 bits per heavy atom. The number of hydrogen-bond acceptors (Lipinski definition) is 10. The molecule has 0 aliphatic carbocycles. The van der Waals surface area contributed by atoms with Crippen molar-refractivity contribution < 1.29 is 48.2 Å². The Labute approximate surface area is 382 Å². The predicted molar refractivity (Wildman–Crippen MR) is 249 cm³/mol. The van der Waals surface area contributed by atoms with Crippen molar-refractivity contribution in [3.8, 4) is 11.3 Å². The number of carbonyl (C=O) groups excluding carboxylic acids is 3. The molecule has 2 heterocycles. The fourth-order valence-corrected chi connectivity index (χ4v) is 8.62. The van der Waals surface area contributed by atoms with E-state index < -0.39 is 74.0 Å². The third-order valence-corrected chi connectivity index (χ3v) is 11.9. The zero-order valence-corrected chi connectivity index (χ0v) is 39.3. The molecule has 1 saturated heterocycles. The molecular formula is C48H65N6O10P. The van der Waals surface area contributed by atoms with Gasteiger partial charge in [0.2, 0.25) is 0 Å². The Morgan fingerprint density at radius 2 is 1.37 bits per heavy atom. The molecule has 16 nitrogen and oxygen atoms in total. The second-order valence-electron chi connectivity index (χ2n) is 18.7. The monoisotopic (exact) mass is 916 g/mol. The molecule has 0 radical (unpaired) electrons. The molecule has 1 aliphatic rings. The van der Waals surface area contributed by atoms with Crippen molar-refractivity contribution in [1.29, 1.82) is 0 Å². The fraction of sp³-hybridized carbons (Fsp3) is 0.438. The van der Waals surface area contributed by atoms with Crippen LogP contribution in [0, 0.1) is 10.8 Å². The second kappa shape index (κ2) is 22.1. The van der Waals surface area contributed by atoms with E-state index in [2.05, 4.69) is 15.6 Å². The van der Waals surface area contributed by atoms with Gasteiger partial charge in [0.25, 0.3) is 0 Å². The average Bonchev–Trinajstić information content (AvgIpc) is 3.57. The van der Waals surface area contributed by atoms with Crippen molar-refractivity contribution in [1.82, 2.24) is 30.3 Å². The van der Waals surface area contributed by atoms with Gasteiger partial charge >= 0.3 is 318 Å². The van der Waals surface area contributed by atoms with Crippen LogP contribution < -0.4 is 10.6 Å². The summed E-state index contributed by atoms with van der Waals surface area (Å²) >= 11 is 0. The SMILES string of the molecule is CN(C(=O)O)[C@H](C(=O)N[C@@H](Cc1ccc(-c2ccccn2)cc1)C[C@H](OCO[PH](O)(O)O)[C@H](Cc1ccccc1)NC(=O)[C@@H](N1CCN(Cc2ccccc2)C1=O)C(C)(C)C)C(C)(C)C. The number of carboxylic acid groups (broad SMARTS) is 1. The van der Waals surface area contributed by atoms with Crippen LogP contribution in [0.3, 0.4) is 0 Å². The van der Waals surface area contributed by atoms with Crippen molar-refractivity contribution in [2.45, 2.75) is 97.6 Å². The van der Waals surface area contributed by atoms with E-state index in [0.717, 1.165) is 32.8 Å². The van der Waals surface area contributed by atoms with E-state index >= 15 is 0 Å². The van der Waals surface area contributed by atoms with Gasteiger partial charge in [-0.1, -0.05) is 36.4 Å². The van der Waals surface area contributed by atoms with Gasteiger partial charge < -0.3 is 0 Å². The molecule has 0 saturated carbocycles. The minimum atomic E-state index is -5.09. The summed E-state index contributed by atoms with van der Waals surface area (Å²) < 4.78 is 11.2. The molecule has 1 fully saturated rings. The molecule has 1 aromatic heterocycles. The third-order valence-electron chi connectivity index (χ3n) is 11.4. The summed E-state index contributed by atoms with van der Waals surface area (Å²) in [6.45, 7) is 11.3. The minimum absolute atomic E-state index is 0.0208. The van der Waals surface area contributed by atoms with Crippen molar-refractivity contribution in [2.24, 2.45) is 10.8 Å². The van der Waals surface area contributed by atoms with Crippen LogP contribution in [0.2, 0.25) is 0 Å². The summed E-state index contributed by atoms with van der Waals surface area (Å²) in [5, 5.41) is 16.3. The number of amides is 5. The van der Waals surface area contributed by atoms with E-state index in [0.29, 0.717) is 19.6 Å². The molecule has 5 rings (SSSR count). The van der Waals surface area contributed by atoms with Crippen LogP contribution in [0.15, 0.2) is 109 Å². The molecular weight excluding hydrogens is 852 g/mol. The van der Waals surface area contributed by atoms with E-state index in [1.54, 1.807) is 36.8 Å². The van der Waals surface area contributed by atoms with Crippen molar-refractivity contribution in [3.63, 3.8) is 0 Å². The van der Waals surface area contributed by atoms with E-state index in [1.807, 2.05) is 124 Å². The molecule has 1 aliphatic heterocycles. The summed E-state index contributed by atoms with van der Waals surface area (Å²) in [5.74, 6) is -1.02. The van der Waals surface area contributed by atoms with Crippen LogP contribution in [0.25, 0.3) is 11.3 Å². The zero-order chi connectivity index (χ0) is 47.5. The second-order valence-corrected chi connectivity index (χ2v) is 20.2. The first-order valence-corrected chi connectivity index (χ1v) is 23.5. The normalized spacial score (nSPS) is 16.0. The number of benzene rings is 3. The van der Waals surface area contributed by atoms with Crippen molar-refractivity contribution in [3.05, 3.63) is 126 Å². The number of urea groups is 1. The Hall–Kier alpha value is -5.48. The van der Waals surface area contributed by atoms with Crippen LogP contribution in [-0.4, -0.2) is 121 Å². The van der Waals surface area contributed by atoms with E-state index in [1.165, 1.54) is 7.05 Å². The van der Waals surface area contributed by atoms with Gasteiger partial charge in [-0.25, -0.2) is 0 Å². The summed E-state index contributed by atoms with van der Waals surface area (Å²) in [4.78, 5) is 93.8. The molecule has 17 heteroatoms. The molecule has 6 N–H and O–H groups in total. The van der Waals surface area contributed by atoms with Gasteiger partial charge in [-0.15, -0.1) is 0 Å².